The summed E-state index contributed by atoms with van der Waals surface area (Å²) in [5.74, 6) is -17.2. The van der Waals surface area contributed by atoms with E-state index in [0.29, 0.717) is 0 Å². The van der Waals surface area contributed by atoms with Gasteiger partial charge < -0.3 is 76.1 Å². The minimum absolute atomic E-state index is 0.133. The van der Waals surface area contributed by atoms with E-state index in [0.717, 1.165) is 14.7 Å². The average molecular weight is 1290 g/mol. The fraction of sp³-hybridized carbons (Fsp3) is 0.700. The first-order valence-corrected chi connectivity index (χ1v) is 27.2. The number of amides is 3. The van der Waals surface area contributed by atoms with Crippen molar-refractivity contribution in [1.82, 2.24) is 60.0 Å². The zero-order valence-electron chi connectivity index (χ0n) is 50.1. The van der Waals surface area contributed by atoms with Gasteiger partial charge in [0.25, 0.3) is 0 Å². The number of carboxylic acids is 9. The predicted octanol–water partition coefficient (Wildman–Crippen LogP) is -8.66. The maximum atomic E-state index is 13.5. The lowest BCUT2D eigenvalue weighted by molar-refractivity contribution is -0.162. The minimum Gasteiger partial charge on any atom is -0.480 e. The van der Waals surface area contributed by atoms with Crippen molar-refractivity contribution >= 4 is 89.4 Å². The summed E-state index contributed by atoms with van der Waals surface area (Å²) in [5, 5.41) is 92.9. The zero-order valence-corrected chi connectivity index (χ0v) is 50.1. The van der Waals surface area contributed by atoms with Crippen molar-refractivity contribution < 1.29 is 132 Å². The van der Waals surface area contributed by atoms with Crippen molar-refractivity contribution in [2.75, 3.05) is 218 Å². The molecule has 0 spiro atoms. The van der Waals surface area contributed by atoms with Gasteiger partial charge in [-0.25, -0.2) is 0 Å². The Bertz CT molecular complexity index is 2140. The van der Waals surface area contributed by atoms with Gasteiger partial charge in [-0.2, -0.15) is 0 Å². The van der Waals surface area contributed by atoms with Crippen LogP contribution in [-0.4, -0.2) is 397 Å². The van der Waals surface area contributed by atoms with E-state index in [1.54, 1.807) is 0 Å². The summed E-state index contributed by atoms with van der Waals surface area (Å²) >= 11 is 0. The Labute approximate surface area is 510 Å². The molecule has 0 heterocycles. The van der Waals surface area contributed by atoms with Crippen LogP contribution in [0.15, 0.2) is 0 Å². The monoisotopic (exact) mass is 1280 g/mol. The summed E-state index contributed by atoms with van der Waals surface area (Å²) in [6.07, 6.45) is 0. The molecule has 0 radical (unpaired) electrons. The minimum atomic E-state index is -1.74. The summed E-state index contributed by atoms with van der Waals surface area (Å²) in [7, 11) is 3.96. The molecule has 39 heteroatoms. The molecule has 0 fully saturated rings. The van der Waals surface area contributed by atoms with E-state index < -0.39 is 193 Å². The van der Waals surface area contributed by atoms with Gasteiger partial charge in [0.1, 0.15) is 19.8 Å². The number of ether oxygens (including phenoxy) is 3. The van der Waals surface area contributed by atoms with E-state index in [1.165, 1.54) is 57.5 Å². The Hall–Kier alpha value is -8.31. The van der Waals surface area contributed by atoms with Gasteiger partial charge in [-0.3, -0.25) is 116 Å². The average Bonchev–Trinajstić information content (AvgIpc) is 3.61. The first-order valence-electron chi connectivity index (χ1n) is 27.2. The van der Waals surface area contributed by atoms with E-state index >= 15 is 0 Å². The molecule has 0 aromatic carbocycles. The second kappa shape index (κ2) is 44.2. The van der Waals surface area contributed by atoms with Gasteiger partial charge in [0.2, 0.25) is 17.7 Å². The third-order valence-electron chi connectivity index (χ3n) is 12.4. The molecule has 0 aromatic heterocycles. The van der Waals surface area contributed by atoms with Crippen molar-refractivity contribution in [3.63, 3.8) is 0 Å². The molecule has 0 aliphatic carbocycles. The van der Waals surface area contributed by atoms with Gasteiger partial charge in [0.15, 0.2) is 0 Å². The van der Waals surface area contributed by atoms with Crippen LogP contribution in [0.2, 0.25) is 0 Å². The molecule has 0 rings (SSSR count). The topological polar surface area (TPSA) is 531 Å². The zero-order chi connectivity index (χ0) is 67.8. The molecule has 0 bridgehead atoms. The molecular weight excluding hydrogens is 1200 g/mol. The number of likely N-dealkylation sites (N-methyl/N-ethyl adjacent to an activating group) is 3. The van der Waals surface area contributed by atoms with Gasteiger partial charge in [-0.15, -0.1) is 0 Å². The molecule has 3 amide bonds. The Morgan fingerprint density at radius 1 is 0.258 bits per heavy atom. The number of esters is 3. The van der Waals surface area contributed by atoms with Crippen LogP contribution in [0.3, 0.4) is 0 Å². The smallest absolute Gasteiger partial charge is 0.320 e. The number of aliphatic carboxylic acids is 9. The van der Waals surface area contributed by atoms with Crippen molar-refractivity contribution in [3.8, 4) is 0 Å². The lowest BCUT2D eigenvalue weighted by atomic mass is 9.94. The molecule has 89 heavy (non-hydrogen) atoms. The maximum absolute atomic E-state index is 13.5. The van der Waals surface area contributed by atoms with Gasteiger partial charge in [0, 0.05) is 99.7 Å². The molecule has 39 nitrogen and oxygen atoms in total. The van der Waals surface area contributed by atoms with E-state index in [9.17, 15) is 118 Å². The quantitative estimate of drug-likeness (QED) is 0.0199. The predicted molar refractivity (Wildman–Crippen MR) is 300 cm³/mol. The standard InChI is InChI=1S/C50H84N12O27/c1-50(32-87-47(84)29-60(26-44(78)79)14-8-54(20-38(66)67)5-11-57(23-41(72)73)17-35(63)51-2,33-88-48(85)30-61(27-45(80)81)15-9-55(21-39(68)69)6-12-58(24-42(74)75)18-36(64)52-3)34-89-49(86)31-62(28-46(82)83)16-10-56(22-40(70)71)7-13-59(25-43(76)77)19-37(65)53-4/h5-34H2,1-4H3,(H,51,63)(H,52,64)(H,53,65)(H,66,67)(H,68,69)(H,70,71)(H,72,73)(H,74,75)(H,76,77)(H,78,79)(H,80,81)(H,82,83). The maximum Gasteiger partial charge on any atom is 0.320 e. The SMILES string of the molecule is CNC(=O)CN(CCN(CCN(CC(=O)O)CC(=O)OCC(C)(COC(=O)CN(CCN(CCN(CC(=O)O)CC(=O)NC)CC(=O)O)CC(=O)O)COC(=O)CN(CCN(CCN(CC(=O)O)CC(=O)NC)CC(=O)O)CC(=O)O)CC(=O)O)CC(=O)O. The number of hydrogen-bond acceptors (Lipinski definition) is 27. The highest BCUT2D eigenvalue weighted by Gasteiger charge is 2.33. The number of nitrogens with zero attached hydrogens (tertiary/aromatic N) is 9. The Morgan fingerprint density at radius 2 is 0.404 bits per heavy atom. The Morgan fingerprint density at radius 3 is 0.562 bits per heavy atom. The second-order valence-electron chi connectivity index (χ2n) is 20.4. The van der Waals surface area contributed by atoms with Crippen molar-refractivity contribution in [2.24, 2.45) is 5.41 Å². The van der Waals surface area contributed by atoms with Crippen molar-refractivity contribution in [2.45, 2.75) is 6.92 Å². The van der Waals surface area contributed by atoms with Crippen LogP contribution in [-0.2, 0) is 86.1 Å². The first kappa shape index (κ1) is 80.7. The number of carboxylic acid groups (broad SMARTS) is 9. The summed E-state index contributed by atoms with van der Waals surface area (Å²) in [6.45, 7) is -13.0. The van der Waals surface area contributed by atoms with E-state index in [1.807, 2.05) is 0 Å². The molecule has 0 saturated carbocycles. The van der Waals surface area contributed by atoms with Gasteiger partial charge >= 0.3 is 71.6 Å². The number of hydrogen-bond donors (Lipinski definition) is 12. The molecular formula is C50H84N12O27. The van der Waals surface area contributed by atoms with Crippen molar-refractivity contribution in [3.05, 3.63) is 0 Å². The normalized spacial score (nSPS) is 11.6. The lowest BCUT2D eigenvalue weighted by Crippen LogP contribution is -2.47. The van der Waals surface area contributed by atoms with Gasteiger partial charge in [0.05, 0.1) is 104 Å². The van der Waals surface area contributed by atoms with Crippen LogP contribution in [0, 0.1) is 5.41 Å². The van der Waals surface area contributed by atoms with Crippen molar-refractivity contribution in [1.29, 1.82) is 0 Å². The highest BCUT2D eigenvalue weighted by Crippen LogP contribution is 2.20. The highest BCUT2D eigenvalue weighted by molar-refractivity contribution is 5.80. The van der Waals surface area contributed by atoms with Crippen LogP contribution in [0.25, 0.3) is 0 Å². The number of rotatable bonds is 54. The highest BCUT2D eigenvalue weighted by atomic mass is 16.6. The van der Waals surface area contributed by atoms with Crippen LogP contribution >= 0.6 is 0 Å². The first-order chi connectivity index (χ1) is 41.6. The lowest BCUT2D eigenvalue weighted by Gasteiger charge is -2.30. The Kier molecular flexibility index (Phi) is 40.1. The van der Waals surface area contributed by atoms with Crippen LogP contribution in [0.1, 0.15) is 6.92 Å². The van der Waals surface area contributed by atoms with E-state index in [2.05, 4.69) is 16.0 Å². The molecule has 0 saturated heterocycles. The van der Waals surface area contributed by atoms with Crippen LogP contribution < -0.4 is 16.0 Å². The summed E-state index contributed by atoms with van der Waals surface area (Å²) in [4.78, 5) is 193. The largest absolute Gasteiger partial charge is 0.480 e. The van der Waals surface area contributed by atoms with Gasteiger partial charge in [-0.05, 0) is 6.92 Å². The molecule has 506 valence electrons. The molecule has 0 unspecified atom stereocenters. The van der Waals surface area contributed by atoms with E-state index in [-0.39, 0.29) is 98.2 Å². The third-order valence-corrected chi connectivity index (χ3v) is 12.4. The second-order valence-corrected chi connectivity index (χ2v) is 20.4. The number of carbonyl (C=O) groups excluding carboxylic acids is 6. The van der Waals surface area contributed by atoms with E-state index in [4.69, 9.17) is 14.2 Å². The Balaban J connectivity index is 6.80. The van der Waals surface area contributed by atoms with Gasteiger partial charge in [-0.1, -0.05) is 0 Å². The third kappa shape index (κ3) is 43.1. The molecule has 0 atom stereocenters. The van der Waals surface area contributed by atoms with Crippen LogP contribution in [0.5, 0.6) is 0 Å². The number of nitrogens with one attached hydrogen (secondary N) is 3. The molecule has 0 aromatic rings. The summed E-state index contributed by atoms with van der Waals surface area (Å²) in [6, 6.07) is 0. The van der Waals surface area contributed by atoms with Crippen LogP contribution in [0.4, 0.5) is 0 Å². The molecule has 12 N–H and O–H groups in total. The molecule has 0 aliphatic heterocycles. The fourth-order valence-corrected chi connectivity index (χ4v) is 7.93. The molecule has 0 aliphatic rings. The fourth-order valence-electron chi connectivity index (χ4n) is 7.93. The summed E-state index contributed by atoms with van der Waals surface area (Å²) in [5.41, 5.74) is -1.74. The number of carbonyl (C=O) groups is 15. The summed E-state index contributed by atoms with van der Waals surface area (Å²) < 4.78 is 16.5.